The number of furan rings is 1. The molecule has 0 N–H and O–H groups in total. The molecule has 8 nitrogen and oxygen atoms in total. The van der Waals surface area contributed by atoms with Gasteiger partial charge in [-0.3, -0.25) is 4.28 Å². The molecule has 0 fully saturated rings. The Kier molecular flexibility index (Phi) is 5.43. The molecule has 3 heterocycles. The number of oxime groups is 1. The molecule has 11 heteroatoms. The maximum atomic E-state index is 10.6. The first-order valence-electron chi connectivity index (χ1n) is 6.87. The van der Waals surface area contributed by atoms with Gasteiger partial charge in [-0.1, -0.05) is 16.8 Å². The third-order valence-corrected chi connectivity index (χ3v) is 4.31. The molecule has 2 aromatic heterocycles. The minimum atomic E-state index is -4.91. The maximum Gasteiger partial charge on any atom is 1.00 e. The molecule has 0 saturated heterocycles. The van der Waals surface area contributed by atoms with Crippen LogP contribution >= 0.6 is 11.6 Å². The molecule has 0 atom stereocenters. The van der Waals surface area contributed by atoms with Crippen LogP contribution < -0.4 is 51.4 Å². The van der Waals surface area contributed by atoms with Crippen LogP contribution in [0.3, 0.4) is 0 Å². The monoisotopic (exact) mass is 405 g/mol. The Labute approximate surface area is 190 Å². The summed E-state index contributed by atoms with van der Waals surface area (Å²) in [4.78, 5) is 4.56. The van der Waals surface area contributed by atoms with Crippen molar-refractivity contribution in [3.05, 3.63) is 41.3 Å². The van der Waals surface area contributed by atoms with E-state index < -0.39 is 10.4 Å². The second kappa shape index (κ2) is 7.12. The fourth-order valence-electron chi connectivity index (χ4n) is 2.81. The van der Waals surface area contributed by atoms with E-state index in [0.29, 0.717) is 46.1 Å². The van der Waals surface area contributed by atoms with Crippen LogP contribution in [0.25, 0.3) is 22.4 Å². The van der Waals surface area contributed by atoms with Crippen molar-refractivity contribution in [2.75, 3.05) is 0 Å². The van der Waals surface area contributed by atoms with E-state index in [9.17, 15) is 13.0 Å². The van der Waals surface area contributed by atoms with Crippen molar-refractivity contribution >= 4 is 38.7 Å². The van der Waals surface area contributed by atoms with E-state index in [1.807, 2.05) is 4.57 Å². The molecule has 1 aliphatic rings. The minimum absolute atomic E-state index is 0. The number of halogens is 1. The van der Waals surface area contributed by atoms with E-state index in [1.54, 1.807) is 30.7 Å². The number of rotatable bonds is 3. The number of aryl methyl sites for hydroxylation is 1. The molecule has 0 saturated carbocycles. The Balaban J connectivity index is 0.00000182. The average molecular weight is 406 g/mol. The van der Waals surface area contributed by atoms with Gasteiger partial charge in [0.2, 0.25) is 0 Å². The Morgan fingerprint density at radius 1 is 1.36 bits per heavy atom. The molecule has 0 radical (unpaired) electrons. The van der Waals surface area contributed by atoms with Crippen LogP contribution in [0.5, 0.6) is 0 Å². The van der Waals surface area contributed by atoms with E-state index in [4.69, 9.17) is 16.0 Å². The van der Waals surface area contributed by atoms with E-state index in [-0.39, 0.29) is 51.4 Å². The number of hydrogen-bond acceptors (Lipinski definition) is 7. The van der Waals surface area contributed by atoms with Gasteiger partial charge in [0.1, 0.15) is 17.6 Å². The first-order valence-corrected chi connectivity index (χ1v) is 8.58. The van der Waals surface area contributed by atoms with Gasteiger partial charge in [-0.25, -0.2) is 4.98 Å². The molecule has 25 heavy (non-hydrogen) atoms. The van der Waals surface area contributed by atoms with Gasteiger partial charge < -0.3 is 13.5 Å². The predicted octanol–water partition coefficient (Wildman–Crippen LogP) is -0.462. The number of nitrogens with zero attached hydrogens (tertiary/aromatic N) is 3. The summed E-state index contributed by atoms with van der Waals surface area (Å²) in [5.74, 6) is 0.685. The third-order valence-electron chi connectivity index (χ3n) is 3.75. The first kappa shape index (κ1) is 19.0. The van der Waals surface area contributed by atoms with Crippen molar-refractivity contribution in [2.45, 2.75) is 13.0 Å². The summed E-state index contributed by atoms with van der Waals surface area (Å²) in [6, 6.07) is 5.12. The topological polar surface area (TPSA) is 110 Å². The molecular weight excluding hydrogens is 397 g/mol. The van der Waals surface area contributed by atoms with Crippen LogP contribution in [0, 0.1) is 0 Å². The second-order valence-corrected chi connectivity index (χ2v) is 6.53. The van der Waals surface area contributed by atoms with E-state index in [0.717, 1.165) is 5.56 Å². The van der Waals surface area contributed by atoms with Crippen molar-refractivity contribution < 1.29 is 73.1 Å². The fourth-order valence-corrected chi connectivity index (χ4v) is 3.18. The van der Waals surface area contributed by atoms with Gasteiger partial charge in [-0.15, -0.1) is 0 Å². The fraction of sp³-hybridized carbons (Fsp3) is 0.143. The molecule has 0 spiro atoms. The minimum Gasteiger partial charge on any atom is -0.714 e. The van der Waals surface area contributed by atoms with Crippen molar-refractivity contribution in [3.8, 4) is 11.4 Å². The largest absolute Gasteiger partial charge is 1.00 e. The molecule has 0 bridgehead atoms. The van der Waals surface area contributed by atoms with Gasteiger partial charge in [0.15, 0.2) is 0 Å². The summed E-state index contributed by atoms with van der Waals surface area (Å²) in [6.45, 7) is 0.478. The standard InChI is InChI=1S/C14H10ClN3O5S.K/c15-10-2-1-9-11(17-23-24(19,20)21)3-5-18-13(9)12(10)16-14(18)8-4-6-22-7-8;/h1-2,4,6-7H,3,5H2,(H,19,20,21);/q;+1/p-1/b17-11+;. The van der Waals surface area contributed by atoms with Gasteiger partial charge in [0.25, 0.3) is 10.4 Å². The van der Waals surface area contributed by atoms with Crippen molar-refractivity contribution in [1.82, 2.24) is 9.55 Å². The van der Waals surface area contributed by atoms with E-state index >= 15 is 0 Å². The number of imidazole rings is 1. The van der Waals surface area contributed by atoms with Crippen molar-refractivity contribution in [1.29, 1.82) is 0 Å². The molecule has 0 unspecified atom stereocenters. The first-order chi connectivity index (χ1) is 11.4. The van der Waals surface area contributed by atoms with Crippen molar-refractivity contribution in [3.63, 3.8) is 0 Å². The molecule has 3 aromatic rings. The average Bonchev–Trinajstić information content (AvgIpc) is 3.16. The molecule has 124 valence electrons. The van der Waals surface area contributed by atoms with Crippen LogP contribution in [0.4, 0.5) is 0 Å². The van der Waals surface area contributed by atoms with Crippen LogP contribution in [0.2, 0.25) is 5.02 Å². The summed E-state index contributed by atoms with van der Waals surface area (Å²) in [7, 11) is -4.91. The van der Waals surface area contributed by atoms with Crippen molar-refractivity contribution in [2.24, 2.45) is 5.16 Å². The molecule has 0 amide bonds. The van der Waals surface area contributed by atoms with E-state index in [2.05, 4.69) is 14.4 Å². The van der Waals surface area contributed by atoms with Gasteiger partial charge >= 0.3 is 51.4 Å². The molecule has 4 rings (SSSR count). The van der Waals surface area contributed by atoms with Gasteiger partial charge in [0, 0.05) is 18.5 Å². The Morgan fingerprint density at radius 2 is 2.16 bits per heavy atom. The van der Waals surface area contributed by atoms with Gasteiger partial charge in [0.05, 0.1) is 28.1 Å². The zero-order valence-corrected chi connectivity index (χ0v) is 17.7. The predicted molar refractivity (Wildman–Crippen MR) is 84.4 cm³/mol. The Morgan fingerprint density at radius 3 is 2.84 bits per heavy atom. The van der Waals surface area contributed by atoms with E-state index in [1.165, 1.54) is 0 Å². The molecule has 0 aliphatic carbocycles. The van der Waals surface area contributed by atoms with Crippen LogP contribution in [0.1, 0.15) is 12.0 Å². The van der Waals surface area contributed by atoms with Crippen LogP contribution in [-0.4, -0.2) is 28.2 Å². The molecule has 1 aromatic carbocycles. The van der Waals surface area contributed by atoms with Gasteiger partial charge in [-0.2, -0.15) is 8.42 Å². The zero-order chi connectivity index (χ0) is 16.9. The quantitative estimate of drug-likeness (QED) is 0.252. The number of benzene rings is 1. The number of hydrogen-bond donors (Lipinski definition) is 0. The second-order valence-electron chi connectivity index (χ2n) is 5.16. The SMILES string of the molecule is O=S(=O)([O-])O/N=C1\CCn2c(-c3ccoc3)nc3c(Cl)ccc1c32.[K+]. The summed E-state index contributed by atoms with van der Waals surface area (Å²) in [5, 5.41) is 3.95. The normalized spacial score (nSPS) is 15.4. The summed E-state index contributed by atoms with van der Waals surface area (Å²) >= 11 is 6.24. The Hall–Kier alpha value is -0.724. The summed E-state index contributed by atoms with van der Waals surface area (Å²) < 4.78 is 43.0. The summed E-state index contributed by atoms with van der Waals surface area (Å²) in [5.41, 5.74) is 3.03. The zero-order valence-electron chi connectivity index (χ0n) is 13.0. The van der Waals surface area contributed by atoms with Crippen LogP contribution in [-0.2, 0) is 21.2 Å². The maximum absolute atomic E-state index is 10.6. The molecular formula is C14H9ClKN3O5S. The number of aromatic nitrogens is 2. The summed E-state index contributed by atoms with van der Waals surface area (Å²) in [6.07, 6.45) is 3.50. The Bertz CT molecular complexity index is 1080. The van der Waals surface area contributed by atoms with Crippen LogP contribution in [0.15, 0.2) is 40.3 Å². The molecule has 1 aliphatic heterocycles. The smallest absolute Gasteiger partial charge is 0.714 e. The third kappa shape index (κ3) is 3.58. The van der Waals surface area contributed by atoms with Gasteiger partial charge in [-0.05, 0) is 18.2 Å².